The number of guanidine groups is 1. The maximum Gasteiger partial charge on any atom is 0.326 e. The predicted octanol–water partition coefficient (Wildman–Crippen LogP) is 1.46. The molecule has 1 amide bonds. The van der Waals surface area contributed by atoms with Crippen LogP contribution >= 0.6 is 0 Å². The maximum absolute atomic E-state index is 13.1. The van der Waals surface area contributed by atoms with Gasteiger partial charge < -0.3 is 26.2 Å². The lowest BCUT2D eigenvalue weighted by atomic mass is 10.1. The quantitative estimate of drug-likeness (QED) is 0.109. The Kier molecular flexibility index (Phi) is 10.3. The summed E-state index contributed by atoms with van der Waals surface area (Å²) in [5.41, 5.74) is 5.88. The smallest absolute Gasteiger partial charge is 0.326 e. The van der Waals surface area contributed by atoms with Crippen molar-refractivity contribution in [3.63, 3.8) is 0 Å². The highest BCUT2D eigenvalue weighted by Crippen LogP contribution is 2.26. The number of carboxylic acid groups (broad SMARTS) is 1. The second kappa shape index (κ2) is 13.6. The number of ether oxygens (including phenoxy) is 1. The first-order valence-corrected chi connectivity index (χ1v) is 13.7. The standard InChI is InChI=1S/C26H33N5O6S/c27-26(28)29-15-5-2-6-17-37-20-13-11-19(12-14-20)18-22(25(33)34)30-24(32)23-10-7-16-31(23)38(35,36)21-8-3-1-4-9-21/h1-5,8-9,11-14,22-23H,6-7,10,15-18H2,(H,30,32)(H,33,34)(H4,27,28,29)/b5-2+/t22-,23-/m0/s1. The summed E-state index contributed by atoms with van der Waals surface area (Å²) in [5.74, 6) is -1.30. The van der Waals surface area contributed by atoms with Crippen LogP contribution in [0.25, 0.3) is 0 Å². The number of amides is 1. The van der Waals surface area contributed by atoms with E-state index in [1.54, 1.807) is 42.5 Å². The van der Waals surface area contributed by atoms with Crippen LogP contribution in [0.5, 0.6) is 5.75 Å². The fourth-order valence-corrected chi connectivity index (χ4v) is 5.74. The topological polar surface area (TPSA) is 175 Å². The highest BCUT2D eigenvalue weighted by molar-refractivity contribution is 7.89. The molecule has 38 heavy (non-hydrogen) atoms. The number of rotatable bonds is 13. The van der Waals surface area contributed by atoms with Gasteiger partial charge in [0.25, 0.3) is 0 Å². The first-order chi connectivity index (χ1) is 18.2. The second-order valence-corrected chi connectivity index (χ2v) is 10.6. The maximum atomic E-state index is 13.1. The summed E-state index contributed by atoms with van der Waals surface area (Å²) in [5, 5.41) is 22.0. The van der Waals surface area contributed by atoms with E-state index in [0.717, 1.165) is 4.31 Å². The number of sulfonamides is 1. The Labute approximate surface area is 222 Å². The predicted molar refractivity (Wildman–Crippen MR) is 142 cm³/mol. The van der Waals surface area contributed by atoms with E-state index in [4.69, 9.17) is 15.9 Å². The number of carbonyl (C=O) groups excluding carboxylic acids is 1. The van der Waals surface area contributed by atoms with Crippen molar-refractivity contribution >= 4 is 27.9 Å². The lowest BCUT2D eigenvalue weighted by Gasteiger charge is -2.25. The molecule has 0 bridgehead atoms. The first-order valence-electron chi connectivity index (χ1n) is 12.2. The summed E-state index contributed by atoms with van der Waals surface area (Å²) < 4.78 is 32.9. The van der Waals surface area contributed by atoms with Gasteiger partial charge in [-0.15, -0.1) is 0 Å². The Morgan fingerprint density at radius 3 is 2.53 bits per heavy atom. The normalized spacial score (nSPS) is 16.7. The molecule has 6 N–H and O–H groups in total. The zero-order chi connectivity index (χ0) is 27.5. The zero-order valence-corrected chi connectivity index (χ0v) is 21.7. The molecule has 2 aromatic carbocycles. The molecule has 12 heteroatoms. The molecule has 1 heterocycles. The minimum Gasteiger partial charge on any atom is -0.493 e. The minimum absolute atomic E-state index is 0.0331. The van der Waals surface area contributed by atoms with Crippen LogP contribution in [0.1, 0.15) is 24.8 Å². The molecule has 0 aromatic heterocycles. The Bertz CT molecular complexity index is 1230. The van der Waals surface area contributed by atoms with Gasteiger partial charge in [-0.2, -0.15) is 4.31 Å². The van der Waals surface area contributed by atoms with Crippen molar-refractivity contribution in [1.29, 1.82) is 5.41 Å². The van der Waals surface area contributed by atoms with E-state index in [1.165, 1.54) is 12.1 Å². The molecule has 204 valence electrons. The van der Waals surface area contributed by atoms with Crippen molar-refractivity contribution < 1.29 is 27.9 Å². The molecule has 1 saturated heterocycles. The molecular weight excluding hydrogens is 510 g/mol. The van der Waals surface area contributed by atoms with Gasteiger partial charge in [-0.3, -0.25) is 10.2 Å². The number of benzene rings is 2. The van der Waals surface area contributed by atoms with E-state index in [-0.39, 0.29) is 23.8 Å². The van der Waals surface area contributed by atoms with Crippen LogP contribution in [0, 0.1) is 5.41 Å². The van der Waals surface area contributed by atoms with Gasteiger partial charge >= 0.3 is 5.97 Å². The molecule has 11 nitrogen and oxygen atoms in total. The van der Waals surface area contributed by atoms with Crippen LogP contribution in [0.4, 0.5) is 0 Å². The van der Waals surface area contributed by atoms with Crippen LogP contribution in [0.2, 0.25) is 0 Å². The highest BCUT2D eigenvalue weighted by atomic mass is 32.2. The van der Waals surface area contributed by atoms with Crippen molar-refractivity contribution in [2.75, 3.05) is 19.7 Å². The van der Waals surface area contributed by atoms with Gasteiger partial charge in [0.05, 0.1) is 11.5 Å². The van der Waals surface area contributed by atoms with Gasteiger partial charge in [-0.25, -0.2) is 13.2 Å². The monoisotopic (exact) mass is 543 g/mol. The summed E-state index contributed by atoms with van der Waals surface area (Å²) in [7, 11) is -3.88. The number of hydrogen-bond donors (Lipinski definition) is 5. The Hall–Kier alpha value is -3.90. The molecule has 2 aromatic rings. The summed E-state index contributed by atoms with van der Waals surface area (Å²) in [4.78, 5) is 25.0. The largest absolute Gasteiger partial charge is 0.493 e. The first kappa shape index (κ1) is 28.7. The molecule has 0 saturated carbocycles. The van der Waals surface area contributed by atoms with Crippen LogP contribution in [-0.4, -0.2) is 67.4 Å². The molecule has 0 radical (unpaired) electrons. The third-order valence-electron chi connectivity index (χ3n) is 5.96. The molecule has 3 rings (SSSR count). The molecule has 1 fully saturated rings. The van der Waals surface area contributed by atoms with Gasteiger partial charge in [-0.05, 0) is 49.1 Å². The SMILES string of the molecule is N=C(N)NC/C=C/CCOc1ccc(C[C@H](NC(=O)[C@@H]2CCCN2S(=O)(=O)c2ccccc2)C(=O)O)cc1. The van der Waals surface area contributed by atoms with E-state index in [0.29, 0.717) is 43.7 Å². The molecular formula is C26H33N5O6S. The Morgan fingerprint density at radius 1 is 1.16 bits per heavy atom. The van der Waals surface area contributed by atoms with E-state index < -0.39 is 34.0 Å². The van der Waals surface area contributed by atoms with E-state index in [2.05, 4.69) is 10.6 Å². The number of nitrogens with two attached hydrogens (primary N) is 1. The van der Waals surface area contributed by atoms with Gasteiger partial charge in [0.1, 0.15) is 17.8 Å². The second-order valence-electron chi connectivity index (χ2n) is 8.74. The van der Waals surface area contributed by atoms with Gasteiger partial charge in [0.2, 0.25) is 15.9 Å². The van der Waals surface area contributed by atoms with E-state index in [1.807, 2.05) is 12.2 Å². The van der Waals surface area contributed by atoms with Crippen LogP contribution in [0.3, 0.4) is 0 Å². The summed E-state index contributed by atoms with van der Waals surface area (Å²) in [6.07, 6.45) is 5.27. The Balaban J connectivity index is 1.55. The van der Waals surface area contributed by atoms with Crippen molar-refractivity contribution in [1.82, 2.24) is 14.9 Å². The fraction of sp³-hybridized carbons (Fsp3) is 0.346. The molecule has 2 atom stereocenters. The van der Waals surface area contributed by atoms with E-state index >= 15 is 0 Å². The van der Waals surface area contributed by atoms with Crippen molar-refractivity contribution in [3.8, 4) is 5.75 Å². The number of hydrogen-bond acceptors (Lipinski definition) is 6. The molecule has 0 spiro atoms. The lowest BCUT2D eigenvalue weighted by Crippen LogP contribution is -2.51. The number of carbonyl (C=O) groups is 2. The lowest BCUT2D eigenvalue weighted by molar-refractivity contribution is -0.142. The van der Waals surface area contributed by atoms with Gasteiger partial charge in [0.15, 0.2) is 5.96 Å². The number of aliphatic carboxylic acids is 1. The van der Waals surface area contributed by atoms with Crippen LogP contribution < -0.4 is 21.1 Å². The number of carboxylic acids is 1. The van der Waals surface area contributed by atoms with Crippen molar-refractivity contribution in [2.45, 2.75) is 42.7 Å². The summed E-state index contributed by atoms with van der Waals surface area (Å²) in [6, 6.07) is 12.6. The van der Waals surface area contributed by atoms with Crippen LogP contribution in [-0.2, 0) is 26.0 Å². The van der Waals surface area contributed by atoms with Crippen molar-refractivity contribution in [3.05, 3.63) is 72.3 Å². The zero-order valence-electron chi connectivity index (χ0n) is 20.9. The third-order valence-corrected chi connectivity index (χ3v) is 7.89. The highest BCUT2D eigenvalue weighted by Gasteiger charge is 2.40. The summed E-state index contributed by atoms with van der Waals surface area (Å²) >= 11 is 0. The molecule has 0 unspecified atom stereocenters. The molecule has 0 aliphatic carbocycles. The third kappa shape index (κ3) is 8.05. The minimum atomic E-state index is -3.88. The molecule has 1 aliphatic rings. The van der Waals surface area contributed by atoms with Crippen molar-refractivity contribution in [2.24, 2.45) is 5.73 Å². The summed E-state index contributed by atoms with van der Waals surface area (Å²) in [6.45, 7) is 1.10. The average molecular weight is 544 g/mol. The van der Waals surface area contributed by atoms with E-state index in [9.17, 15) is 23.1 Å². The number of nitrogens with zero attached hydrogens (tertiary/aromatic N) is 1. The average Bonchev–Trinajstić information content (AvgIpc) is 3.40. The number of nitrogens with one attached hydrogen (secondary N) is 3. The van der Waals surface area contributed by atoms with Gasteiger partial charge in [0, 0.05) is 19.5 Å². The fourth-order valence-electron chi connectivity index (χ4n) is 4.06. The molecule has 1 aliphatic heterocycles. The Morgan fingerprint density at radius 2 is 1.87 bits per heavy atom. The van der Waals surface area contributed by atoms with Crippen LogP contribution in [0.15, 0.2) is 71.6 Å². The van der Waals surface area contributed by atoms with Gasteiger partial charge in [-0.1, -0.05) is 42.5 Å².